The summed E-state index contributed by atoms with van der Waals surface area (Å²) < 4.78 is 6.72. The second-order valence-electron chi connectivity index (χ2n) is 6.99. The molecule has 0 amide bonds. The number of nitrogens with one attached hydrogen (secondary N) is 1. The van der Waals surface area contributed by atoms with Crippen molar-refractivity contribution in [2.45, 2.75) is 20.0 Å². The molecule has 3 N–H and O–H groups in total. The van der Waals surface area contributed by atoms with Crippen molar-refractivity contribution in [3.05, 3.63) is 71.2 Å². The number of benzene rings is 3. The lowest BCUT2D eigenvalue weighted by molar-refractivity contribution is 0.242. The molecule has 4 aromatic rings. The Kier molecular flexibility index (Phi) is 5.36. The van der Waals surface area contributed by atoms with Crippen LogP contribution in [0.2, 0.25) is 0 Å². The quantitative estimate of drug-likeness (QED) is 0.381. The summed E-state index contributed by atoms with van der Waals surface area (Å²) in [6.45, 7) is 4.03. The van der Waals surface area contributed by atoms with E-state index in [1.54, 1.807) is 0 Å². The summed E-state index contributed by atoms with van der Waals surface area (Å²) in [5.74, 6) is 1.77. The van der Waals surface area contributed by atoms with Gasteiger partial charge in [-0.2, -0.15) is 4.98 Å². The minimum atomic E-state index is 0.149. The first-order valence-corrected chi connectivity index (χ1v) is 10.1. The average molecular weight is 449 g/mol. The van der Waals surface area contributed by atoms with E-state index < -0.39 is 0 Å². The standard InChI is InChI=1S/C23H21BrN4O/c1-14(2)29-19-9-6-15(7-10-19)16-8-11-21-20(12-16)22(28-23(25)27-21)26-18-5-3-4-17(24)13-18/h3-14H,1-2H3,(H3,25,26,27,28). The van der Waals surface area contributed by atoms with Crippen molar-refractivity contribution in [2.75, 3.05) is 11.1 Å². The van der Waals surface area contributed by atoms with E-state index in [2.05, 4.69) is 49.4 Å². The molecule has 0 aliphatic rings. The SMILES string of the molecule is CC(C)Oc1ccc(-c2ccc3nc(N)nc(Nc4cccc(Br)c4)c3c2)cc1. The molecule has 0 spiro atoms. The molecule has 0 fully saturated rings. The van der Waals surface area contributed by atoms with Crippen LogP contribution in [0.1, 0.15) is 13.8 Å². The highest BCUT2D eigenvalue weighted by Gasteiger charge is 2.09. The fourth-order valence-electron chi connectivity index (χ4n) is 3.12. The maximum Gasteiger partial charge on any atom is 0.222 e. The van der Waals surface area contributed by atoms with Crippen LogP contribution in [0.3, 0.4) is 0 Å². The van der Waals surface area contributed by atoms with Gasteiger partial charge in [-0.15, -0.1) is 0 Å². The fraction of sp³-hybridized carbons (Fsp3) is 0.130. The van der Waals surface area contributed by atoms with Crippen molar-refractivity contribution in [2.24, 2.45) is 0 Å². The number of fused-ring (bicyclic) bond motifs is 1. The Morgan fingerprint density at radius 3 is 2.41 bits per heavy atom. The van der Waals surface area contributed by atoms with Gasteiger partial charge in [0, 0.05) is 15.5 Å². The molecule has 0 saturated carbocycles. The lowest BCUT2D eigenvalue weighted by Crippen LogP contribution is -2.05. The van der Waals surface area contributed by atoms with Crippen molar-refractivity contribution >= 4 is 44.3 Å². The smallest absolute Gasteiger partial charge is 0.222 e. The van der Waals surface area contributed by atoms with E-state index in [0.29, 0.717) is 5.82 Å². The summed E-state index contributed by atoms with van der Waals surface area (Å²) >= 11 is 3.49. The molecule has 0 unspecified atom stereocenters. The van der Waals surface area contributed by atoms with E-state index in [1.807, 2.05) is 62.4 Å². The zero-order chi connectivity index (χ0) is 20.4. The third-order valence-corrected chi connectivity index (χ3v) is 4.85. The zero-order valence-corrected chi connectivity index (χ0v) is 17.8. The number of nitrogens with two attached hydrogens (primary N) is 1. The van der Waals surface area contributed by atoms with Crippen molar-refractivity contribution < 1.29 is 4.74 Å². The summed E-state index contributed by atoms with van der Waals surface area (Å²) in [7, 11) is 0. The zero-order valence-electron chi connectivity index (χ0n) is 16.2. The van der Waals surface area contributed by atoms with Crippen LogP contribution in [0.5, 0.6) is 5.75 Å². The van der Waals surface area contributed by atoms with E-state index in [-0.39, 0.29) is 12.1 Å². The van der Waals surface area contributed by atoms with Crippen LogP contribution < -0.4 is 15.8 Å². The third kappa shape index (κ3) is 4.49. The Bertz CT molecular complexity index is 1160. The first-order chi connectivity index (χ1) is 14.0. The molecule has 29 heavy (non-hydrogen) atoms. The maximum atomic E-state index is 5.93. The Labute approximate surface area is 178 Å². The van der Waals surface area contributed by atoms with Gasteiger partial charge in [0.15, 0.2) is 0 Å². The molecule has 146 valence electrons. The molecule has 0 saturated heterocycles. The molecule has 0 atom stereocenters. The summed E-state index contributed by atoms with van der Waals surface area (Å²) in [6, 6.07) is 22.1. The van der Waals surface area contributed by atoms with Gasteiger partial charge in [0.2, 0.25) is 5.95 Å². The van der Waals surface area contributed by atoms with Crippen LogP contribution >= 0.6 is 15.9 Å². The molecule has 1 aromatic heterocycles. The third-order valence-electron chi connectivity index (χ3n) is 4.36. The monoisotopic (exact) mass is 448 g/mol. The molecule has 6 heteroatoms. The first kappa shape index (κ1) is 19.2. The minimum Gasteiger partial charge on any atom is -0.491 e. The number of rotatable bonds is 5. The highest BCUT2D eigenvalue weighted by molar-refractivity contribution is 9.10. The van der Waals surface area contributed by atoms with Gasteiger partial charge in [-0.1, -0.05) is 40.2 Å². The molecule has 5 nitrogen and oxygen atoms in total. The van der Waals surface area contributed by atoms with Crippen LogP contribution in [-0.2, 0) is 0 Å². The number of nitrogens with zero attached hydrogens (tertiary/aromatic N) is 2. The number of anilines is 3. The molecule has 0 aliphatic carbocycles. The summed E-state index contributed by atoms with van der Waals surface area (Å²) in [6.07, 6.45) is 0.149. The summed E-state index contributed by atoms with van der Waals surface area (Å²) in [5, 5.41) is 4.26. The van der Waals surface area contributed by atoms with Gasteiger partial charge in [0.1, 0.15) is 11.6 Å². The normalized spacial score (nSPS) is 11.0. The van der Waals surface area contributed by atoms with Crippen molar-refractivity contribution in [1.29, 1.82) is 0 Å². The summed E-state index contributed by atoms with van der Waals surface area (Å²) in [5.41, 5.74) is 9.79. The van der Waals surface area contributed by atoms with Crippen molar-refractivity contribution in [3.63, 3.8) is 0 Å². The molecular formula is C23H21BrN4O. The minimum absolute atomic E-state index is 0.149. The van der Waals surface area contributed by atoms with Crippen molar-refractivity contribution in [3.8, 4) is 16.9 Å². The van der Waals surface area contributed by atoms with E-state index in [4.69, 9.17) is 10.5 Å². The number of nitrogen functional groups attached to an aromatic ring is 1. The van der Waals surface area contributed by atoms with Crippen LogP contribution in [0.25, 0.3) is 22.0 Å². The molecular weight excluding hydrogens is 428 g/mol. The van der Waals surface area contributed by atoms with Crippen molar-refractivity contribution in [1.82, 2.24) is 9.97 Å². The molecule has 0 aliphatic heterocycles. The Morgan fingerprint density at radius 1 is 0.931 bits per heavy atom. The predicted octanol–water partition coefficient (Wildman–Crippen LogP) is 6.17. The fourth-order valence-corrected chi connectivity index (χ4v) is 3.52. The van der Waals surface area contributed by atoms with Crippen LogP contribution in [-0.4, -0.2) is 16.1 Å². The number of halogens is 1. The second kappa shape index (κ2) is 8.09. The molecule has 1 heterocycles. The molecule has 0 radical (unpaired) electrons. The van der Waals surface area contributed by atoms with Gasteiger partial charge in [-0.05, 0) is 67.4 Å². The van der Waals surface area contributed by atoms with Crippen LogP contribution in [0, 0.1) is 0 Å². The lowest BCUT2D eigenvalue weighted by atomic mass is 10.0. The summed E-state index contributed by atoms with van der Waals surface area (Å²) in [4.78, 5) is 8.80. The van der Waals surface area contributed by atoms with Gasteiger partial charge < -0.3 is 15.8 Å². The van der Waals surface area contributed by atoms with E-state index in [9.17, 15) is 0 Å². The lowest BCUT2D eigenvalue weighted by Gasteiger charge is -2.12. The molecule has 0 bridgehead atoms. The molecule has 3 aromatic carbocycles. The van der Waals surface area contributed by atoms with Crippen LogP contribution in [0.15, 0.2) is 71.2 Å². The largest absolute Gasteiger partial charge is 0.491 e. The van der Waals surface area contributed by atoms with Crippen LogP contribution in [0.4, 0.5) is 17.5 Å². The Balaban J connectivity index is 1.73. The maximum absolute atomic E-state index is 5.93. The number of aromatic nitrogens is 2. The van der Waals surface area contributed by atoms with E-state index in [0.717, 1.165) is 37.9 Å². The predicted molar refractivity (Wildman–Crippen MR) is 123 cm³/mol. The highest BCUT2D eigenvalue weighted by atomic mass is 79.9. The Morgan fingerprint density at radius 2 is 1.69 bits per heavy atom. The number of ether oxygens (including phenoxy) is 1. The van der Waals surface area contributed by atoms with E-state index in [1.165, 1.54) is 0 Å². The topological polar surface area (TPSA) is 73.1 Å². The first-order valence-electron chi connectivity index (χ1n) is 9.35. The van der Waals surface area contributed by atoms with Gasteiger partial charge in [-0.25, -0.2) is 4.98 Å². The number of hydrogen-bond donors (Lipinski definition) is 2. The van der Waals surface area contributed by atoms with Gasteiger partial charge in [0.25, 0.3) is 0 Å². The van der Waals surface area contributed by atoms with E-state index >= 15 is 0 Å². The average Bonchev–Trinajstić information content (AvgIpc) is 2.68. The second-order valence-corrected chi connectivity index (χ2v) is 7.90. The van der Waals surface area contributed by atoms with Gasteiger partial charge >= 0.3 is 0 Å². The number of hydrogen-bond acceptors (Lipinski definition) is 5. The highest BCUT2D eigenvalue weighted by Crippen LogP contribution is 2.31. The molecule has 4 rings (SSSR count). The van der Waals surface area contributed by atoms with Gasteiger partial charge in [-0.3, -0.25) is 0 Å². The van der Waals surface area contributed by atoms with Gasteiger partial charge in [0.05, 0.1) is 11.6 Å². The Hall–Kier alpha value is -3.12.